The third-order valence-corrected chi connectivity index (χ3v) is 4.30. The second-order valence-corrected chi connectivity index (χ2v) is 6.32. The molecular formula is C11H10BrN3O2S2. The van der Waals surface area contributed by atoms with E-state index in [2.05, 4.69) is 31.4 Å². The molecule has 0 bridgehead atoms. The topological polar surface area (TPSA) is 64.1 Å². The lowest BCUT2D eigenvalue weighted by atomic mass is 10.3. The van der Waals surface area contributed by atoms with Crippen molar-refractivity contribution in [3.8, 4) is 5.75 Å². The quantitative estimate of drug-likeness (QED) is 0.656. The van der Waals surface area contributed by atoms with Crippen molar-refractivity contribution >= 4 is 50.1 Å². The first-order chi connectivity index (χ1) is 9.17. The van der Waals surface area contributed by atoms with Crippen molar-refractivity contribution in [2.24, 2.45) is 0 Å². The molecule has 1 amide bonds. The maximum Gasteiger partial charge on any atom is 0.264 e. The van der Waals surface area contributed by atoms with Crippen LogP contribution in [0.5, 0.6) is 5.75 Å². The summed E-state index contributed by atoms with van der Waals surface area (Å²) >= 11 is 6.15. The third kappa shape index (κ3) is 4.48. The summed E-state index contributed by atoms with van der Waals surface area (Å²) in [5, 5.41) is 10.9. The number of benzene rings is 1. The first kappa shape index (κ1) is 14.3. The third-order valence-electron chi connectivity index (χ3n) is 1.99. The maximum atomic E-state index is 11.7. The predicted octanol–water partition coefficient (Wildman–Crippen LogP) is 3.04. The molecule has 2 aromatic rings. The molecule has 1 aromatic carbocycles. The lowest BCUT2D eigenvalue weighted by molar-refractivity contribution is -0.118. The highest BCUT2D eigenvalue weighted by atomic mass is 79.9. The average molecular weight is 360 g/mol. The molecule has 19 heavy (non-hydrogen) atoms. The average Bonchev–Trinajstić information content (AvgIpc) is 2.84. The van der Waals surface area contributed by atoms with Crippen molar-refractivity contribution in [2.75, 3.05) is 18.2 Å². The van der Waals surface area contributed by atoms with Gasteiger partial charge in [-0.15, -0.1) is 10.2 Å². The van der Waals surface area contributed by atoms with Gasteiger partial charge in [-0.05, 0) is 24.5 Å². The van der Waals surface area contributed by atoms with Gasteiger partial charge in [-0.3, -0.25) is 10.1 Å². The van der Waals surface area contributed by atoms with Gasteiger partial charge in [0.1, 0.15) is 5.75 Å². The fourth-order valence-corrected chi connectivity index (χ4v) is 2.77. The van der Waals surface area contributed by atoms with Gasteiger partial charge >= 0.3 is 0 Å². The molecule has 0 aliphatic carbocycles. The molecule has 0 radical (unpaired) electrons. The van der Waals surface area contributed by atoms with Crippen molar-refractivity contribution in [2.45, 2.75) is 4.34 Å². The Morgan fingerprint density at radius 3 is 3.05 bits per heavy atom. The molecule has 1 N–H and O–H groups in total. The number of anilines is 1. The molecule has 0 unspecified atom stereocenters. The number of rotatable bonds is 5. The molecule has 1 aromatic heterocycles. The van der Waals surface area contributed by atoms with Gasteiger partial charge in [0.2, 0.25) is 5.13 Å². The van der Waals surface area contributed by atoms with E-state index in [0.29, 0.717) is 10.9 Å². The molecule has 0 atom stereocenters. The summed E-state index contributed by atoms with van der Waals surface area (Å²) in [6.07, 6.45) is 1.91. The number of carbonyl (C=O) groups is 1. The fraction of sp³-hybridized carbons (Fsp3) is 0.182. The summed E-state index contributed by atoms with van der Waals surface area (Å²) in [5.74, 6) is 0.371. The number of ether oxygens (including phenoxy) is 1. The van der Waals surface area contributed by atoms with E-state index in [0.717, 1.165) is 8.81 Å². The Balaban J connectivity index is 1.84. The largest absolute Gasteiger partial charge is 0.484 e. The number of hydrogen-bond donors (Lipinski definition) is 1. The van der Waals surface area contributed by atoms with Crippen LogP contribution < -0.4 is 10.1 Å². The number of aromatic nitrogens is 2. The predicted molar refractivity (Wildman–Crippen MR) is 80.0 cm³/mol. The highest BCUT2D eigenvalue weighted by molar-refractivity contribution is 9.10. The minimum absolute atomic E-state index is 0.0648. The zero-order valence-corrected chi connectivity index (χ0v) is 13.1. The molecular weight excluding hydrogens is 350 g/mol. The minimum Gasteiger partial charge on any atom is -0.484 e. The number of nitrogens with one attached hydrogen (secondary N) is 1. The normalized spacial score (nSPS) is 10.2. The van der Waals surface area contributed by atoms with Crippen LogP contribution >= 0.6 is 39.0 Å². The van der Waals surface area contributed by atoms with Gasteiger partial charge in [-0.2, -0.15) is 0 Å². The molecule has 100 valence electrons. The van der Waals surface area contributed by atoms with E-state index >= 15 is 0 Å². The maximum absolute atomic E-state index is 11.7. The van der Waals surface area contributed by atoms with Gasteiger partial charge < -0.3 is 4.74 Å². The Hall–Kier alpha value is -1.12. The van der Waals surface area contributed by atoms with Crippen LogP contribution in [-0.4, -0.2) is 29.0 Å². The summed E-state index contributed by atoms with van der Waals surface area (Å²) in [5.41, 5.74) is 0. The van der Waals surface area contributed by atoms with E-state index in [-0.39, 0.29) is 12.5 Å². The fourth-order valence-electron chi connectivity index (χ4n) is 1.20. The van der Waals surface area contributed by atoms with Crippen LogP contribution in [0.1, 0.15) is 0 Å². The molecule has 2 rings (SSSR count). The molecule has 0 aliphatic heterocycles. The van der Waals surface area contributed by atoms with Crippen molar-refractivity contribution in [1.29, 1.82) is 0 Å². The van der Waals surface area contributed by atoms with Crippen LogP contribution in [0.3, 0.4) is 0 Å². The van der Waals surface area contributed by atoms with Crippen LogP contribution in [0.25, 0.3) is 0 Å². The highest BCUT2D eigenvalue weighted by Crippen LogP contribution is 2.23. The second kappa shape index (κ2) is 6.88. The summed E-state index contributed by atoms with van der Waals surface area (Å²) < 4.78 is 7.07. The molecule has 5 nitrogen and oxygen atoms in total. The van der Waals surface area contributed by atoms with Gasteiger partial charge in [0.25, 0.3) is 5.91 Å². The molecule has 0 aliphatic rings. The SMILES string of the molecule is CSc1nnc(NC(=O)COc2cccc(Br)c2)s1. The summed E-state index contributed by atoms with van der Waals surface area (Å²) in [6.45, 7) is -0.0648. The standard InChI is InChI=1S/C11H10BrN3O2S2/c1-18-11-15-14-10(19-11)13-9(16)6-17-8-4-2-3-7(12)5-8/h2-5H,6H2,1H3,(H,13,14,16). The molecule has 8 heteroatoms. The van der Waals surface area contributed by atoms with Crippen molar-refractivity contribution in [1.82, 2.24) is 10.2 Å². The van der Waals surface area contributed by atoms with Crippen LogP contribution in [0, 0.1) is 0 Å². The lowest BCUT2D eigenvalue weighted by Gasteiger charge is -2.05. The number of nitrogens with zero attached hydrogens (tertiary/aromatic N) is 2. The van der Waals surface area contributed by atoms with Gasteiger partial charge in [0.05, 0.1) is 0 Å². The van der Waals surface area contributed by atoms with E-state index in [9.17, 15) is 4.79 Å². The highest BCUT2D eigenvalue weighted by Gasteiger charge is 2.08. The monoisotopic (exact) mass is 359 g/mol. The van der Waals surface area contributed by atoms with E-state index in [4.69, 9.17) is 4.74 Å². The van der Waals surface area contributed by atoms with E-state index in [1.165, 1.54) is 23.1 Å². The van der Waals surface area contributed by atoms with Crippen LogP contribution in [0.15, 0.2) is 33.1 Å². The first-order valence-corrected chi connectivity index (χ1v) is 8.06. The van der Waals surface area contributed by atoms with Gasteiger partial charge in [0, 0.05) is 4.47 Å². The van der Waals surface area contributed by atoms with Crippen LogP contribution in [0.2, 0.25) is 0 Å². The first-order valence-electron chi connectivity index (χ1n) is 5.23. The van der Waals surface area contributed by atoms with Gasteiger partial charge in [0.15, 0.2) is 10.9 Å². The van der Waals surface area contributed by atoms with Crippen LogP contribution in [0.4, 0.5) is 5.13 Å². The Morgan fingerprint density at radius 1 is 1.53 bits per heavy atom. The molecule has 0 saturated heterocycles. The minimum atomic E-state index is -0.260. The number of halogens is 1. The number of carbonyl (C=O) groups excluding carboxylic acids is 1. The Kier molecular flexibility index (Phi) is 5.17. The number of hydrogen-bond acceptors (Lipinski definition) is 6. The van der Waals surface area contributed by atoms with Gasteiger partial charge in [-0.25, -0.2) is 0 Å². The van der Waals surface area contributed by atoms with Crippen LogP contribution in [-0.2, 0) is 4.79 Å². The Labute approximate surface area is 126 Å². The van der Waals surface area contributed by atoms with Crippen molar-refractivity contribution in [3.05, 3.63) is 28.7 Å². The summed E-state index contributed by atoms with van der Waals surface area (Å²) in [6, 6.07) is 7.31. The molecule has 0 saturated carbocycles. The number of thioether (sulfide) groups is 1. The summed E-state index contributed by atoms with van der Waals surface area (Å²) in [4.78, 5) is 11.7. The van der Waals surface area contributed by atoms with Gasteiger partial charge in [-0.1, -0.05) is 45.1 Å². The van der Waals surface area contributed by atoms with E-state index < -0.39 is 0 Å². The smallest absolute Gasteiger partial charge is 0.264 e. The van der Waals surface area contributed by atoms with Crippen molar-refractivity contribution in [3.63, 3.8) is 0 Å². The molecule has 0 spiro atoms. The molecule has 0 fully saturated rings. The zero-order valence-electron chi connectivity index (χ0n) is 9.92. The summed E-state index contributed by atoms with van der Waals surface area (Å²) in [7, 11) is 0. The second-order valence-electron chi connectivity index (χ2n) is 3.37. The van der Waals surface area contributed by atoms with E-state index in [1.807, 2.05) is 18.4 Å². The lowest BCUT2D eigenvalue weighted by Crippen LogP contribution is -2.20. The molecule has 1 heterocycles. The number of amides is 1. The Bertz CT molecular complexity index is 577. The Morgan fingerprint density at radius 2 is 2.37 bits per heavy atom. The van der Waals surface area contributed by atoms with Crippen molar-refractivity contribution < 1.29 is 9.53 Å². The zero-order chi connectivity index (χ0) is 13.7. The van der Waals surface area contributed by atoms with E-state index in [1.54, 1.807) is 12.1 Å².